The summed E-state index contributed by atoms with van der Waals surface area (Å²) in [6.07, 6.45) is -0.00134. The molecule has 0 amide bonds. The summed E-state index contributed by atoms with van der Waals surface area (Å²) in [6.45, 7) is -0.172. The van der Waals surface area contributed by atoms with Crippen molar-refractivity contribution < 1.29 is 26.0 Å². The lowest BCUT2D eigenvalue weighted by Crippen LogP contribution is -2.33. The molecule has 0 bridgehead atoms. The number of rotatable bonds is 4. The largest absolute Gasteiger partial charge is 0.497 e. The zero-order chi connectivity index (χ0) is 19.7. The van der Waals surface area contributed by atoms with Gasteiger partial charge >= 0.3 is 0 Å². The summed E-state index contributed by atoms with van der Waals surface area (Å²) in [5.41, 5.74) is 0.0844. The van der Waals surface area contributed by atoms with E-state index in [2.05, 4.69) is 0 Å². The first kappa shape index (κ1) is 19.8. The summed E-state index contributed by atoms with van der Waals surface area (Å²) in [4.78, 5) is 0.0602. The normalized spacial score (nSPS) is 20.7. The van der Waals surface area contributed by atoms with Crippen molar-refractivity contribution in [2.24, 2.45) is 0 Å². The molecule has 1 heterocycles. The van der Waals surface area contributed by atoms with Crippen LogP contribution < -0.4 is 4.74 Å². The van der Waals surface area contributed by atoms with Gasteiger partial charge in [0.15, 0.2) is 9.84 Å². The summed E-state index contributed by atoms with van der Waals surface area (Å²) >= 11 is 0. The summed E-state index contributed by atoms with van der Waals surface area (Å²) in [6, 6.07) is 11.6. The van der Waals surface area contributed by atoms with Crippen LogP contribution in [0.5, 0.6) is 5.75 Å². The lowest BCUT2D eigenvalue weighted by Gasteiger charge is -2.20. The topological polar surface area (TPSA) is 80.8 Å². The van der Waals surface area contributed by atoms with E-state index in [1.54, 1.807) is 6.07 Å². The smallest absolute Gasteiger partial charge is 0.243 e. The number of benzene rings is 2. The van der Waals surface area contributed by atoms with Gasteiger partial charge in [-0.3, -0.25) is 0 Å². The van der Waals surface area contributed by atoms with Gasteiger partial charge in [0.05, 0.1) is 23.0 Å². The van der Waals surface area contributed by atoms with Gasteiger partial charge in [0.2, 0.25) is 10.0 Å². The van der Waals surface area contributed by atoms with E-state index < -0.39 is 30.9 Å². The number of methoxy groups -OCH3 is 1. The second-order valence-electron chi connectivity index (χ2n) is 6.25. The van der Waals surface area contributed by atoms with Crippen LogP contribution in [0.2, 0.25) is 0 Å². The quantitative estimate of drug-likeness (QED) is 0.769. The lowest BCUT2D eigenvalue weighted by atomic mass is 10.1. The number of nitrogens with zero attached hydrogens (tertiary/aromatic N) is 1. The minimum atomic E-state index is -3.86. The Morgan fingerprint density at radius 1 is 1.07 bits per heavy atom. The second-order valence-corrected chi connectivity index (χ2v) is 10.5. The number of hydrogen-bond acceptors (Lipinski definition) is 5. The summed E-state index contributed by atoms with van der Waals surface area (Å²) in [5, 5.41) is -1.06. The molecule has 0 saturated carbocycles. The highest BCUT2D eigenvalue weighted by Crippen LogP contribution is 2.32. The van der Waals surface area contributed by atoms with Crippen molar-refractivity contribution in [3.8, 4) is 5.75 Å². The molecule has 1 saturated heterocycles. The Balaban J connectivity index is 1.89. The maximum atomic E-state index is 14.1. The number of ether oxygens (including phenoxy) is 1. The molecular formula is C18H20FNO5S2. The van der Waals surface area contributed by atoms with E-state index in [1.165, 1.54) is 49.6 Å². The van der Waals surface area contributed by atoms with Crippen molar-refractivity contribution in [2.75, 3.05) is 26.0 Å². The van der Waals surface area contributed by atoms with Gasteiger partial charge in [-0.15, -0.1) is 0 Å². The molecule has 6 nitrogen and oxygen atoms in total. The number of sulfone groups is 1. The Bertz CT molecular complexity index is 1020. The van der Waals surface area contributed by atoms with Crippen LogP contribution in [0.15, 0.2) is 53.4 Å². The number of sulfonamides is 1. The SMILES string of the molecule is COc1ccc(S(=O)(=O)N2CCC(c3ccccc3F)S(=O)(=O)CC2)cc1. The molecule has 1 atom stereocenters. The van der Waals surface area contributed by atoms with Gasteiger partial charge in [-0.05, 0) is 36.8 Å². The Hall–Kier alpha value is -1.97. The first-order chi connectivity index (χ1) is 12.8. The van der Waals surface area contributed by atoms with E-state index in [9.17, 15) is 21.2 Å². The third-order valence-corrected chi connectivity index (χ3v) is 8.67. The molecule has 0 radical (unpaired) electrons. The van der Waals surface area contributed by atoms with Crippen molar-refractivity contribution >= 4 is 19.9 Å². The van der Waals surface area contributed by atoms with Gasteiger partial charge in [-0.1, -0.05) is 18.2 Å². The summed E-state index contributed by atoms with van der Waals surface area (Å²) < 4.78 is 71.3. The predicted octanol–water partition coefficient (Wildman–Crippen LogP) is 2.38. The molecular weight excluding hydrogens is 393 g/mol. The third-order valence-electron chi connectivity index (χ3n) is 4.65. The average Bonchev–Trinajstić information content (AvgIpc) is 2.81. The molecule has 1 aliphatic rings. The molecule has 9 heteroatoms. The Morgan fingerprint density at radius 2 is 1.74 bits per heavy atom. The molecule has 2 aromatic rings. The third kappa shape index (κ3) is 3.99. The van der Waals surface area contributed by atoms with Gasteiger partial charge in [0.1, 0.15) is 11.6 Å². The fourth-order valence-electron chi connectivity index (χ4n) is 3.15. The number of halogens is 1. The molecule has 2 aromatic carbocycles. The van der Waals surface area contributed by atoms with Gasteiger partial charge < -0.3 is 4.74 Å². The second kappa shape index (κ2) is 7.57. The molecule has 1 aliphatic heterocycles. The van der Waals surface area contributed by atoms with Crippen LogP contribution in [-0.2, 0) is 19.9 Å². The van der Waals surface area contributed by atoms with Gasteiger partial charge in [0, 0.05) is 18.7 Å². The Kier molecular flexibility index (Phi) is 5.55. The van der Waals surface area contributed by atoms with Crippen molar-refractivity contribution in [1.82, 2.24) is 4.31 Å². The van der Waals surface area contributed by atoms with E-state index in [-0.39, 0.29) is 35.7 Å². The maximum absolute atomic E-state index is 14.1. The molecule has 1 fully saturated rings. The summed E-state index contributed by atoms with van der Waals surface area (Å²) in [7, 11) is -6.07. The van der Waals surface area contributed by atoms with Gasteiger partial charge in [0.25, 0.3) is 0 Å². The van der Waals surface area contributed by atoms with Gasteiger partial charge in [-0.25, -0.2) is 21.2 Å². The fraction of sp³-hybridized carbons (Fsp3) is 0.333. The van der Waals surface area contributed by atoms with Crippen LogP contribution in [0.4, 0.5) is 4.39 Å². The molecule has 146 valence electrons. The van der Waals surface area contributed by atoms with E-state index >= 15 is 0 Å². The van der Waals surface area contributed by atoms with Crippen LogP contribution in [0.3, 0.4) is 0 Å². The average molecular weight is 413 g/mol. The number of hydrogen-bond donors (Lipinski definition) is 0. The van der Waals surface area contributed by atoms with Crippen molar-refractivity contribution in [3.05, 3.63) is 59.9 Å². The van der Waals surface area contributed by atoms with Crippen molar-refractivity contribution in [2.45, 2.75) is 16.6 Å². The lowest BCUT2D eigenvalue weighted by molar-refractivity contribution is 0.413. The predicted molar refractivity (Wildman–Crippen MR) is 99.3 cm³/mol. The first-order valence-corrected chi connectivity index (χ1v) is 11.5. The van der Waals surface area contributed by atoms with Crippen molar-refractivity contribution in [3.63, 3.8) is 0 Å². The molecule has 27 heavy (non-hydrogen) atoms. The molecule has 1 unspecified atom stereocenters. The van der Waals surface area contributed by atoms with Crippen LogP contribution in [0, 0.1) is 5.82 Å². The van der Waals surface area contributed by atoms with Gasteiger partial charge in [-0.2, -0.15) is 4.31 Å². The standard InChI is InChI=1S/C18H20FNO5S2/c1-25-14-6-8-15(9-7-14)27(23,24)20-11-10-18(26(21,22)13-12-20)16-4-2-3-5-17(16)19/h2-9,18H,10-13H2,1H3. The molecule has 0 N–H and O–H groups in total. The summed E-state index contributed by atoms with van der Waals surface area (Å²) in [5.74, 6) is -0.439. The monoisotopic (exact) mass is 413 g/mol. The molecule has 0 aromatic heterocycles. The highest BCUT2D eigenvalue weighted by Gasteiger charge is 2.36. The van der Waals surface area contributed by atoms with E-state index in [0.717, 1.165) is 4.31 Å². The van der Waals surface area contributed by atoms with E-state index in [1.807, 2.05) is 0 Å². The van der Waals surface area contributed by atoms with E-state index in [0.29, 0.717) is 5.75 Å². The van der Waals surface area contributed by atoms with Crippen LogP contribution >= 0.6 is 0 Å². The molecule has 3 rings (SSSR count). The minimum absolute atomic E-state index is 0.00134. The fourth-order valence-corrected chi connectivity index (χ4v) is 6.52. The molecule has 0 spiro atoms. The van der Waals surface area contributed by atoms with Crippen LogP contribution in [0.1, 0.15) is 17.2 Å². The van der Waals surface area contributed by atoms with Crippen molar-refractivity contribution in [1.29, 1.82) is 0 Å². The van der Waals surface area contributed by atoms with E-state index in [4.69, 9.17) is 4.74 Å². The highest BCUT2D eigenvalue weighted by atomic mass is 32.2. The maximum Gasteiger partial charge on any atom is 0.243 e. The van der Waals surface area contributed by atoms with Crippen LogP contribution in [0.25, 0.3) is 0 Å². The zero-order valence-corrected chi connectivity index (χ0v) is 16.3. The highest BCUT2D eigenvalue weighted by molar-refractivity contribution is 7.92. The van der Waals surface area contributed by atoms with Crippen LogP contribution in [-0.4, -0.2) is 47.1 Å². The minimum Gasteiger partial charge on any atom is -0.497 e. The molecule has 0 aliphatic carbocycles. The first-order valence-electron chi connectivity index (χ1n) is 8.36. The Labute approximate surface area is 158 Å². The zero-order valence-electron chi connectivity index (χ0n) is 14.7. The Morgan fingerprint density at radius 3 is 2.37 bits per heavy atom.